The van der Waals surface area contributed by atoms with Crippen LogP contribution in [0.5, 0.6) is 0 Å². The van der Waals surface area contributed by atoms with Crippen LogP contribution in [0.2, 0.25) is 0 Å². The van der Waals surface area contributed by atoms with E-state index in [0.29, 0.717) is 5.65 Å². The summed E-state index contributed by atoms with van der Waals surface area (Å²) < 4.78 is 1.88. The molecule has 0 saturated carbocycles. The van der Waals surface area contributed by atoms with E-state index in [2.05, 4.69) is 27.5 Å². The van der Waals surface area contributed by atoms with Gasteiger partial charge in [0.1, 0.15) is 5.69 Å². The highest BCUT2D eigenvalue weighted by molar-refractivity contribution is 5.93. The number of carbonyl (C=O) groups excluding carboxylic acids is 1. The van der Waals surface area contributed by atoms with Crippen molar-refractivity contribution in [2.75, 3.05) is 5.32 Å². The summed E-state index contributed by atoms with van der Waals surface area (Å²) in [5, 5.41) is 14.4. The van der Waals surface area contributed by atoms with E-state index in [-0.39, 0.29) is 5.91 Å². The van der Waals surface area contributed by atoms with Gasteiger partial charge in [-0.3, -0.25) is 9.89 Å². The largest absolute Gasteiger partial charge is 0.322 e. The molecule has 0 spiro atoms. The second-order valence-corrected chi connectivity index (χ2v) is 5.59. The van der Waals surface area contributed by atoms with E-state index in [0.717, 1.165) is 30.0 Å². The minimum atomic E-state index is -0.0972. The van der Waals surface area contributed by atoms with Crippen molar-refractivity contribution in [3.63, 3.8) is 0 Å². The van der Waals surface area contributed by atoms with Gasteiger partial charge >= 0.3 is 0 Å². The molecule has 0 saturated heterocycles. The van der Waals surface area contributed by atoms with Gasteiger partial charge in [-0.2, -0.15) is 0 Å². The van der Waals surface area contributed by atoms with Crippen LogP contribution in [0, 0.1) is 6.92 Å². The van der Waals surface area contributed by atoms with Crippen LogP contribution < -0.4 is 5.32 Å². The van der Waals surface area contributed by atoms with Gasteiger partial charge in [-0.15, -0.1) is 10.2 Å². The van der Waals surface area contributed by atoms with Gasteiger partial charge < -0.3 is 5.32 Å². The molecule has 2 aromatic rings. The van der Waals surface area contributed by atoms with Crippen molar-refractivity contribution in [2.45, 2.75) is 65.7 Å². The van der Waals surface area contributed by atoms with E-state index in [1.807, 2.05) is 11.4 Å². The van der Waals surface area contributed by atoms with Crippen LogP contribution in [0.25, 0.3) is 5.65 Å². The van der Waals surface area contributed by atoms with Crippen LogP contribution in [0.4, 0.5) is 5.69 Å². The molecule has 6 heteroatoms. The third-order valence-electron chi connectivity index (χ3n) is 3.66. The fraction of sp³-hybridized carbons (Fsp3) is 0.667. The van der Waals surface area contributed by atoms with Gasteiger partial charge in [0.25, 0.3) is 0 Å². The molecule has 1 amide bonds. The zero-order valence-corrected chi connectivity index (χ0v) is 13.2. The smallest absolute Gasteiger partial charge is 0.221 e. The number of amides is 1. The van der Waals surface area contributed by atoms with Crippen LogP contribution in [0.1, 0.15) is 63.9 Å². The van der Waals surface area contributed by atoms with Crippen LogP contribution >= 0.6 is 0 Å². The highest BCUT2D eigenvalue weighted by Crippen LogP contribution is 2.21. The van der Waals surface area contributed by atoms with E-state index in [1.165, 1.54) is 39.0 Å². The Balaban J connectivity index is 1.97. The normalized spacial score (nSPS) is 11.2. The minimum Gasteiger partial charge on any atom is -0.322 e. The fourth-order valence-electron chi connectivity index (χ4n) is 2.54. The second-order valence-electron chi connectivity index (χ2n) is 5.59. The first-order chi connectivity index (χ1) is 10.1. The summed E-state index contributed by atoms with van der Waals surface area (Å²) in [7, 11) is 0. The molecule has 0 atom stereocenters. The van der Waals surface area contributed by atoms with Crippen LogP contribution in [-0.2, 0) is 11.2 Å². The number of nitrogens with zero attached hydrogens (tertiary/aromatic N) is 3. The molecule has 0 fully saturated rings. The number of carbonyl (C=O) groups is 1. The monoisotopic (exact) mass is 291 g/mol. The lowest BCUT2D eigenvalue weighted by atomic mass is 10.1. The summed E-state index contributed by atoms with van der Waals surface area (Å²) in [6.45, 7) is 5.65. The van der Waals surface area contributed by atoms with Crippen molar-refractivity contribution in [2.24, 2.45) is 0 Å². The van der Waals surface area contributed by atoms with Gasteiger partial charge in [0.05, 0.1) is 5.69 Å². The SMILES string of the molecule is CCCCCCCCc1nnc2c(NC(C)=O)c(C)[nH]n12. The number of aryl methyl sites for hydroxylation is 2. The summed E-state index contributed by atoms with van der Waals surface area (Å²) in [5.41, 5.74) is 2.33. The lowest BCUT2D eigenvalue weighted by Crippen LogP contribution is -2.06. The maximum atomic E-state index is 11.2. The molecule has 2 heterocycles. The maximum absolute atomic E-state index is 11.2. The Morgan fingerprint density at radius 3 is 2.62 bits per heavy atom. The highest BCUT2D eigenvalue weighted by Gasteiger charge is 2.15. The van der Waals surface area contributed by atoms with E-state index in [9.17, 15) is 4.79 Å². The highest BCUT2D eigenvalue weighted by atomic mass is 16.1. The van der Waals surface area contributed by atoms with Gasteiger partial charge in [-0.25, -0.2) is 4.52 Å². The van der Waals surface area contributed by atoms with Gasteiger partial charge in [0, 0.05) is 13.3 Å². The molecule has 2 N–H and O–H groups in total. The van der Waals surface area contributed by atoms with Gasteiger partial charge in [0.15, 0.2) is 5.82 Å². The molecule has 0 aliphatic heterocycles. The van der Waals surface area contributed by atoms with Gasteiger partial charge in [0.2, 0.25) is 11.6 Å². The molecule has 0 aliphatic rings. The Hall–Kier alpha value is -1.85. The van der Waals surface area contributed by atoms with Crippen molar-refractivity contribution in [1.82, 2.24) is 19.8 Å². The molecule has 2 rings (SSSR count). The Bertz CT molecular complexity index is 598. The first-order valence-corrected chi connectivity index (χ1v) is 7.83. The number of hydrogen-bond donors (Lipinski definition) is 2. The molecule has 0 radical (unpaired) electrons. The van der Waals surface area contributed by atoms with E-state index in [4.69, 9.17) is 0 Å². The number of anilines is 1. The molecule has 116 valence electrons. The van der Waals surface area contributed by atoms with E-state index in [1.54, 1.807) is 0 Å². The van der Waals surface area contributed by atoms with Gasteiger partial charge in [-0.05, 0) is 13.3 Å². The van der Waals surface area contributed by atoms with Crippen molar-refractivity contribution < 1.29 is 4.79 Å². The predicted molar refractivity (Wildman–Crippen MR) is 83.5 cm³/mol. The Morgan fingerprint density at radius 2 is 1.90 bits per heavy atom. The number of aromatic nitrogens is 4. The van der Waals surface area contributed by atoms with Crippen molar-refractivity contribution in [3.05, 3.63) is 11.5 Å². The van der Waals surface area contributed by atoms with Crippen molar-refractivity contribution >= 4 is 17.2 Å². The number of fused-ring (bicyclic) bond motifs is 1. The number of H-pyrrole nitrogens is 1. The molecule has 0 unspecified atom stereocenters. The number of nitrogens with one attached hydrogen (secondary N) is 2. The number of aromatic amines is 1. The molecule has 2 aromatic heterocycles. The predicted octanol–water partition coefficient (Wildman–Crippen LogP) is 3.23. The summed E-state index contributed by atoms with van der Waals surface area (Å²) in [6, 6.07) is 0. The van der Waals surface area contributed by atoms with Crippen LogP contribution in [-0.4, -0.2) is 25.7 Å². The average Bonchev–Trinajstić information content (AvgIpc) is 2.95. The zero-order chi connectivity index (χ0) is 15.2. The quantitative estimate of drug-likeness (QED) is 0.733. The first kappa shape index (κ1) is 15.5. The number of unbranched alkanes of at least 4 members (excludes halogenated alkanes) is 5. The third-order valence-corrected chi connectivity index (χ3v) is 3.66. The number of rotatable bonds is 8. The Labute approximate surface area is 125 Å². The van der Waals surface area contributed by atoms with E-state index >= 15 is 0 Å². The molecule has 0 aromatic carbocycles. The molecular formula is C15H25N5O. The first-order valence-electron chi connectivity index (χ1n) is 7.83. The summed E-state index contributed by atoms with van der Waals surface area (Å²) in [4.78, 5) is 11.2. The van der Waals surface area contributed by atoms with Crippen molar-refractivity contribution in [3.8, 4) is 0 Å². The van der Waals surface area contributed by atoms with Crippen LogP contribution in [0.3, 0.4) is 0 Å². The summed E-state index contributed by atoms with van der Waals surface area (Å²) in [5.74, 6) is 0.834. The molecule has 6 nitrogen and oxygen atoms in total. The van der Waals surface area contributed by atoms with Crippen molar-refractivity contribution in [1.29, 1.82) is 0 Å². The molecule has 0 aliphatic carbocycles. The molecule has 21 heavy (non-hydrogen) atoms. The third kappa shape index (κ3) is 3.83. The zero-order valence-electron chi connectivity index (χ0n) is 13.2. The number of hydrogen-bond acceptors (Lipinski definition) is 3. The fourth-order valence-corrected chi connectivity index (χ4v) is 2.54. The molecule has 0 bridgehead atoms. The van der Waals surface area contributed by atoms with Crippen LogP contribution in [0.15, 0.2) is 0 Å². The standard InChI is InChI=1S/C15H25N5O/c1-4-5-6-7-8-9-10-13-17-18-15-14(16-12(3)21)11(2)19-20(13)15/h19H,4-10H2,1-3H3,(H,16,21). The maximum Gasteiger partial charge on any atom is 0.221 e. The Kier molecular flexibility index (Phi) is 5.36. The van der Waals surface area contributed by atoms with Gasteiger partial charge in [-0.1, -0.05) is 39.0 Å². The summed E-state index contributed by atoms with van der Waals surface area (Å²) in [6.07, 6.45) is 8.47. The molecular weight excluding hydrogens is 266 g/mol. The topological polar surface area (TPSA) is 75.1 Å². The second kappa shape index (κ2) is 7.24. The minimum absolute atomic E-state index is 0.0972. The Morgan fingerprint density at radius 1 is 1.19 bits per heavy atom. The average molecular weight is 291 g/mol. The lowest BCUT2D eigenvalue weighted by Gasteiger charge is -1.99. The summed E-state index contributed by atoms with van der Waals surface area (Å²) >= 11 is 0. The van der Waals surface area contributed by atoms with E-state index < -0.39 is 0 Å². The lowest BCUT2D eigenvalue weighted by molar-refractivity contribution is -0.114.